The van der Waals surface area contributed by atoms with Crippen molar-refractivity contribution < 1.29 is 9.32 Å². The van der Waals surface area contributed by atoms with Gasteiger partial charge in [0, 0.05) is 24.5 Å². The largest absolute Gasteiger partial charge is 0.361 e. The molecule has 1 amide bonds. The van der Waals surface area contributed by atoms with Gasteiger partial charge in [0.15, 0.2) is 0 Å². The van der Waals surface area contributed by atoms with E-state index in [2.05, 4.69) is 10.3 Å². The van der Waals surface area contributed by atoms with Crippen LogP contribution in [0.5, 0.6) is 0 Å². The molecule has 0 saturated carbocycles. The van der Waals surface area contributed by atoms with Crippen LogP contribution in [-0.2, 0) is 11.3 Å². The molecule has 1 saturated heterocycles. The van der Waals surface area contributed by atoms with Gasteiger partial charge in [0.1, 0.15) is 5.76 Å². The van der Waals surface area contributed by atoms with E-state index in [1.165, 1.54) is 0 Å². The van der Waals surface area contributed by atoms with Gasteiger partial charge < -0.3 is 9.42 Å². The lowest BCUT2D eigenvalue weighted by Crippen LogP contribution is -2.47. The lowest BCUT2D eigenvalue weighted by Gasteiger charge is -2.37. The minimum absolute atomic E-state index is 0.163. The Hall–Kier alpha value is -2.11. The Morgan fingerprint density at radius 3 is 2.91 bits per heavy atom. The van der Waals surface area contributed by atoms with Crippen molar-refractivity contribution in [2.45, 2.75) is 58.5 Å². The Morgan fingerprint density at radius 2 is 2.26 bits per heavy atom. The van der Waals surface area contributed by atoms with Crippen molar-refractivity contribution in [3.8, 4) is 0 Å². The summed E-state index contributed by atoms with van der Waals surface area (Å²) in [6.45, 7) is 7.30. The minimum atomic E-state index is -0.223. The molecule has 2 aromatic heterocycles. The minimum Gasteiger partial charge on any atom is -0.361 e. The third-order valence-electron chi connectivity index (χ3n) is 4.76. The summed E-state index contributed by atoms with van der Waals surface area (Å²) in [6.07, 6.45) is 6.99. The Morgan fingerprint density at radius 1 is 1.43 bits per heavy atom. The third kappa shape index (κ3) is 3.16. The summed E-state index contributed by atoms with van der Waals surface area (Å²) in [4.78, 5) is 15.1. The molecule has 0 spiro atoms. The number of hydrogen-bond donors (Lipinski definition) is 0. The lowest BCUT2D eigenvalue weighted by atomic mass is 9.94. The number of likely N-dealkylation sites (tertiary alicyclic amines) is 1. The van der Waals surface area contributed by atoms with Gasteiger partial charge in [0.25, 0.3) is 0 Å². The van der Waals surface area contributed by atoms with Crippen LogP contribution in [-0.4, -0.2) is 38.3 Å². The molecule has 0 unspecified atom stereocenters. The van der Waals surface area contributed by atoms with Crippen LogP contribution in [0.15, 0.2) is 23.0 Å². The summed E-state index contributed by atoms with van der Waals surface area (Å²) in [7, 11) is 0. The molecule has 0 aromatic carbocycles. The van der Waals surface area contributed by atoms with E-state index >= 15 is 0 Å². The van der Waals surface area contributed by atoms with E-state index in [0.29, 0.717) is 0 Å². The van der Waals surface area contributed by atoms with Gasteiger partial charge in [-0.15, -0.1) is 0 Å². The number of carbonyl (C=O) groups excluding carboxylic acids is 1. The Kier molecular flexibility index (Phi) is 4.50. The molecule has 124 valence electrons. The van der Waals surface area contributed by atoms with E-state index < -0.39 is 0 Å². The fourth-order valence-electron chi connectivity index (χ4n) is 3.59. The van der Waals surface area contributed by atoms with Crippen molar-refractivity contribution in [1.29, 1.82) is 0 Å². The van der Waals surface area contributed by atoms with Gasteiger partial charge in [-0.1, -0.05) is 5.16 Å². The number of carbonyl (C=O) groups is 1. The number of amides is 1. The summed E-state index contributed by atoms with van der Waals surface area (Å²) < 4.78 is 7.14. The molecular formula is C17H24N4O2. The van der Waals surface area contributed by atoms with Crippen molar-refractivity contribution in [3.63, 3.8) is 0 Å². The SMILES string of the molecule is Cc1noc(C)c1[C@H](C)C(=O)N1CCCC[C@@H]1Cn1cccn1. The molecule has 2 aromatic rings. The topological polar surface area (TPSA) is 64.2 Å². The maximum absolute atomic E-state index is 13.1. The van der Waals surface area contributed by atoms with Gasteiger partial charge in [-0.25, -0.2) is 0 Å². The zero-order chi connectivity index (χ0) is 16.4. The highest BCUT2D eigenvalue weighted by Gasteiger charge is 2.32. The zero-order valence-electron chi connectivity index (χ0n) is 14.0. The molecule has 23 heavy (non-hydrogen) atoms. The van der Waals surface area contributed by atoms with E-state index in [4.69, 9.17) is 4.52 Å². The standard InChI is InChI=1S/C17H24N4O2/c1-12(16-13(2)19-23-14(16)3)17(22)21-10-5-4-7-15(21)11-20-9-6-8-18-20/h6,8-9,12,15H,4-5,7,10-11H2,1-3H3/t12-,15+/m0/s1. The average Bonchev–Trinajstić information content (AvgIpc) is 3.17. The van der Waals surface area contributed by atoms with Crippen LogP contribution in [0.1, 0.15) is 49.1 Å². The van der Waals surface area contributed by atoms with Gasteiger partial charge in [-0.3, -0.25) is 9.48 Å². The number of rotatable bonds is 4. The van der Waals surface area contributed by atoms with Gasteiger partial charge in [0.05, 0.1) is 24.2 Å². The molecule has 6 nitrogen and oxygen atoms in total. The van der Waals surface area contributed by atoms with Crippen LogP contribution >= 0.6 is 0 Å². The normalized spacial score (nSPS) is 19.8. The first kappa shape index (κ1) is 15.8. The first-order chi connectivity index (χ1) is 11.1. The molecule has 1 aliphatic rings. The molecule has 0 bridgehead atoms. The van der Waals surface area contributed by atoms with Crippen LogP contribution < -0.4 is 0 Å². The Labute approximate surface area is 136 Å². The summed E-state index contributed by atoms with van der Waals surface area (Å²) >= 11 is 0. The van der Waals surface area contributed by atoms with Crippen LogP contribution in [0.4, 0.5) is 0 Å². The second-order valence-corrected chi connectivity index (χ2v) is 6.37. The van der Waals surface area contributed by atoms with E-state index in [1.54, 1.807) is 6.20 Å². The third-order valence-corrected chi connectivity index (χ3v) is 4.76. The van der Waals surface area contributed by atoms with Crippen molar-refractivity contribution in [3.05, 3.63) is 35.5 Å². The molecule has 3 rings (SSSR count). The number of piperidine rings is 1. The summed E-state index contributed by atoms with van der Waals surface area (Å²) in [5.74, 6) is 0.680. The van der Waals surface area contributed by atoms with E-state index in [-0.39, 0.29) is 17.9 Å². The first-order valence-electron chi connectivity index (χ1n) is 8.28. The van der Waals surface area contributed by atoms with Gasteiger partial charge >= 0.3 is 0 Å². The molecule has 0 aliphatic carbocycles. The Balaban J connectivity index is 1.78. The molecule has 0 radical (unpaired) electrons. The van der Waals surface area contributed by atoms with Crippen LogP contribution in [0, 0.1) is 13.8 Å². The number of nitrogens with zero attached hydrogens (tertiary/aromatic N) is 4. The maximum atomic E-state index is 13.1. The monoisotopic (exact) mass is 316 g/mol. The van der Waals surface area contributed by atoms with Crippen molar-refractivity contribution in [1.82, 2.24) is 19.8 Å². The zero-order valence-corrected chi connectivity index (χ0v) is 14.0. The number of aromatic nitrogens is 3. The first-order valence-corrected chi connectivity index (χ1v) is 8.28. The van der Waals surface area contributed by atoms with Gasteiger partial charge in [-0.2, -0.15) is 5.10 Å². The van der Waals surface area contributed by atoms with Crippen LogP contribution in [0.2, 0.25) is 0 Å². The highest BCUT2D eigenvalue weighted by Crippen LogP contribution is 2.28. The average molecular weight is 316 g/mol. The fraction of sp³-hybridized carbons (Fsp3) is 0.588. The molecule has 3 heterocycles. The molecule has 2 atom stereocenters. The lowest BCUT2D eigenvalue weighted by molar-refractivity contribution is -0.136. The van der Waals surface area contributed by atoms with E-state index in [9.17, 15) is 4.79 Å². The molecule has 1 fully saturated rings. The van der Waals surface area contributed by atoms with Crippen molar-refractivity contribution in [2.24, 2.45) is 0 Å². The highest BCUT2D eigenvalue weighted by molar-refractivity contribution is 5.84. The predicted molar refractivity (Wildman–Crippen MR) is 86.0 cm³/mol. The van der Waals surface area contributed by atoms with Crippen molar-refractivity contribution in [2.75, 3.05) is 6.54 Å². The molecular weight excluding hydrogens is 292 g/mol. The molecule has 1 aliphatic heterocycles. The van der Waals surface area contributed by atoms with Crippen molar-refractivity contribution >= 4 is 5.91 Å². The molecule has 0 N–H and O–H groups in total. The van der Waals surface area contributed by atoms with Crippen LogP contribution in [0.25, 0.3) is 0 Å². The Bertz CT molecular complexity index is 643. The van der Waals surface area contributed by atoms with E-state index in [0.717, 1.165) is 49.4 Å². The van der Waals surface area contributed by atoms with Gasteiger partial charge in [-0.05, 0) is 46.1 Å². The summed E-state index contributed by atoms with van der Waals surface area (Å²) in [5, 5.41) is 8.27. The highest BCUT2D eigenvalue weighted by atomic mass is 16.5. The maximum Gasteiger partial charge on any atom is 0.230 e. The molecule has 6 heteroatoms. The van der Waals surface area contributed by atoms with Crippen LogP contribution in [0.3, 0.4) is 0 Å². The fourth-order valence-corrected chi connectivity index (χ4v) is 3.59. The summed E-state index contributed by atoms with van der Waals surface area (Å²) in [5.41, 5.74) is 1.74. The second-order valence-electron chi connectivity index (χ2n) is 6.37. The quantitative estimate of drug-likeness (QED) is 0.870. The van der Waals surface area contributed by atoms with E-state index in [1.807, 2.05) is 42.6 Å². The summed E-state index contributed by atoms with van der Waals surface area (Å²) in [6, 6.07) is 2.13. The van der Waals surface area contributed by atoms with Gasteiger partial charge in [0.2, 0.25) is 5.91 Å². The predicted octanol–water partition coefficient (Wildman–Crippen LogP) is 2.67. The number of aryl methyl sites for hydroxylation is 2. The number of hydrogen-bond acceptors (Lipinski definition) is 4. The smallest absolute Gasteiger partial charge is 0.230 e. The second kappa shape index (κ2) is 6.56.